The number of fused-ring (bicyclic) bond motifs is 1. The van der Waals surface area contributed by atoms with E-state index in [-0.39, 0.29) is 0 Å². The summed E-state index contributed by atoms with van der Waals surface area (Å²) in [6.07, 6.45) is 0. The summed E-state index contributed by atoms with van der Waals surface area (Å²) in [5.74, 6) is 0. The van der Waals surface area contributed by atoms with Crippen molar-refractivity contribution in [3.63, 3.8) is 0 Å². The van der Waals surface area contributed by atoms with Crippen LogP contribution in [0.5, 0.6) is 0 Å². The second-order valence-corrected chi connectivity index (χ2v) is 3.97. The molecule has 0 bridgehead atoms. The number of benzene rings is 2. The number of hydrogen-bond donors (Lipinski definition) is 0. The minimum absolute atomic E-state index is 0.453. The molecule has 0 saturated carbocycles. The van der Waals surface area contributed by atoms with Gasteiger partial charge in [-0.3, -0.25) is 0 Å². The van der Waals surface area contributed by atoms with Crippen LogP contribution in [0.25, 0.3) is 10.8 Å². The third-order valence-electron chi connectivity index (χ3n) is 2.06. The van der Waals surface area contributed by atoms with Gasteiger partial charge in [0.2, 0.25) is 0 Å². The van der Waals surface area contributed by atoms with Crippen LogP contribution in [-0.2, 0) is 0 Å². The number of hydrogen-bond acceptors (Lipinski definition) is 0. The molecule has 0 atom stereocenters. The van der Waals surface area contributed by atoms with Crippen LogP contribution in [-0.4, -0.2) is 0 Å². The highest BCUT2D eigenvalue weighted by molar-refractivity contribution is 6.44. The van der Waals surface area contributed by atoms with E-state index in [0.717, 1.165) is 10.9 Å². The topological polar surface area (TPSA) is 0 Å². The first-order valence-corrected chi connectivity index (χ1v) is 4.92. The van der Waals surface area contributed by atoms with Gasteiger partial charge < -0.3 is 0 Å². The molecule has 2 aromatic carbocycles. The summed E-state index contributed by atoms with van der Waals surface area (Å²) in [7, 11) is 0. The summed E-state index contributed by atoms with van der Waals surface area (Å²) in [4.78, 5) is -0.453. The maximum Gasteiger partial charge on any atom is 0.133 e. The maximum atomic E-state index is 5.85. The van der Waals surface area contributed by atoms with Crippen LogP contribution in [0.4, 0.5) is 0 Å². The zero-order valence-corrected chi connectivity index (χ0v) is 8.39. The van der Waals surface area contributed by atoms with Gasteiger partial charge in [-0.05, 0) is 16.3 Å². The van der Waals surface area contributed by atoms with Crippen LogP contribution >= 0.6 is 23.2 Å². The van der Waals surface area contributed by atoms with E-state index in [1.54, 1.807) is 0 Å². The van der Waals surface area contributed by atoms with Crippen molar-refractivity contribution in [2.75, 3.05) is 0 Å². The molecule has 0 aromatic heterocycles. The molecule has 0 spiro atoms. The molecule has 0 radical (unpaired) electrons. The third-order valence-corrected chi connectivity index (χ3v) is 2.53. The average molecular weight is 211 g/mol. The molecule has 0 nitrogen and oxygen atoms in total. The van der Waals surface area contributed by atoms with Crippen molar-refractivity contribution in [2.24, 2.45) is 0 Å². The smallest absolute Gasteiger partial charge is 0.100 e. The molecule has 0 heterocycles. The molecule has 66 valence electrons. The Kier molecular flexibility index (Phi) is 2.43. The molecule has 0 amide bonds. The van der Waals surface area contributed by atoms with Gasteiger partial charge in [0.05, 0.1) is 0 Å². The summed E-state index contributed by atoms with van der Waals surface area (Å²) in [6, 6.07) is 14.0. The fraction of sp³-hybridized carbons (Fsp3) is 0.0909. The van der Waals surface area contributed by atoms with Crippen LogP contribution in [0, 0.1) is 0 Å². The standard InChI is InChI=1S/C11H8Cl2/c12-11(13)10-7-3-5-8-4-1-2-6-9(8)10/h1-7,11H. The van der Waals surface area contributed by atoms with Gasteiger partial charge in [-0.15, -0.1) is 23.2 Å². The van der Waals surface area contributed by atoms with Gasteiger partial charge in [0.25, 0.3) is 0 Å². The second-order valence-electron chi connectivity index (χ2n) is 2.87. The van der Waals surface area contributed by atoms with E-state index in [1.165, 1.54) is 5.39 Å². The highest BCUT2D eigenvalue weighted by atomic mass is 35.5. The van der Waals surface area contributed by atoms with Crippen molar-refractivity contribution >= 4 is 34.0 Å². The highest BCUT2D eigenvalue weighted by Crippen LogP contribution is 2.30. The lowest BCUT2D eigenvalue weighted by Crippen LogP contribution is -1.83. The first-order valence-electron chi connectivity index (χ1n) is 4.05. The predicted octanol–water partition coefficient (Wildman–Crippen LogP) is 4.32. The van der Waals surface area contributed by atoms with Crippen LogP contribution in [0.3, 0.4) is 0 Å². The van der Waals surface area contributed by atoms with Crippen molar-refractivity contribution < 1.29 is 0 Å². The first kappa shape index (κ1) is 8.86. The zero-order valence-electron chi connectivity index (χ0n) is 6.87. The largest absolute Gasteiger partial charge is 0.133 e. The lowest BCUT2D eigenvalue weighted by Gasteiger charge is -2.05. The van der Waals surface area contributed by atoms with Gasteiger partial charge in [0, 0.05) is 0 Å². The lowest BCUT2D eigenvalue weighted by atomic mass is 10.1. The van der Waals surface area contributed by atoms with E-state index in [1.807, 2.05) is 30.3 Å². The first-order chi connectivity index (χ1) is 6.29. The minimum Gasteiger partial charge on any atom is -0.100 e. The van der Waals surface area contributed by atoms with Crippen LogP contribution in [0.1, 0.15) is 10.4 Å². The fourth-order valence-corrected chi connectivity index (χ4v) is 1.82. The van der Waals surface area contributed by atoms with Crippen molar-refractivity contribution in [3.8, 4) is 0 Å². The average Bonchev–Trinajstić information content (AvgIpc) is 2.17. The van der Waals surface area contributed by atoms with Crippen LogP contribution in [0.15, 0.2) is 42.5 Å². The molecule has 0 aliphatic rings. The Morgan fingerprint density at radius 2 is 1.54 bits per heavy atom. The Morgan fingerprint density at radius 1 is 0.846 bits per heavy atom. The summed E-state index contributed by atoms with van der Waals surface area (Å²) < 4.78 is 0. The molecule has 2 heteroatoms. The lowest BCUT2D eigenvalue weighted by molar-refractivity contribution is 1.39. The Balaban J connectivity index is 2.76. The SMILES string of the molecule is ClC(Cl)c1cccc2ccccc12. The van der Waals surface area contributed by atoms with E-state index >= 15 is 0 Å². The molecule has 0 aliphatic carbocycles. The normalized spacial score (nSPS) is 11.0. The summed E-state index contributed by atoms with van der Waals surface area (Å²) in [5.41, 5.74) is 0.974. The molecule has 2 aromatic rings. The highest BCUT2D eigenvalue weighted by Gasteiger charge is 2.06. The summed E-state index contributed by atoms with van der Waals surface area (Å²) in [6.45, 7) is 0. The van der Waals surface area contributed by atoms with Gasteiger partial charge >= 0.3 is 0 Å². The Hall–Kier alpha value is -0.720. The maximum absolute atomic E-state index is 5.85. The van der Waals surface area contributed by atoms with Gasteiger partial charge in [0.15, 0.2) is 0 Å². The Morgan fingerprint density at radius 3 is 2.31 bits per heavy atom. The molecule has 0 saturated heterocycles. The Labute approximate surface area is 87.1 Å². The second kappa shape index (κ2) is 3.57. The predicted molar refractivity (Wildman–Crippen MR) is 58.4 cm³/mol. The van der Waals surface area contributed by atoms with Crippen LogP contribution in [0.2, 0.25) is 0 Å². The van der Waals surface area contributed by atoms with Crippen molar-refractivity contribution in [1.29, 1.82) is 0 Å². The fourth-order valence-electron chi connectivity index (χ4n) is 1.44. The molecule has 13 heavy (non-hydrogen) atoms. The van der Waals surface area contributed by atoms with E-state index in [0.29, 0.717) is 0 Å². The van der Waals surface area contributed by atoms with Gasteiger partial charge in [-0.1, -0.05) is 42.5 Å². The molecule has 0 fully saturated rings. The van der Waals surface area contributed by atoms with E-state index in [4.69, 9.17) is 23.2 Å². The minimum atomic E-state index is -0.453. The van der Waals surface area contributed by atoms with E-state index in [2.05, 4.69) is 12.1 Å². The number of rotatable bonds is 1. The zero-order chi connectivity index (χ0) is 9.26. The van der Waals surface area contributed by atoms with Gasteiger partial charge in [0.1, 0.15) is 4.84 Å². The molecule has 0 aliphatic heterocycles. The molecule has 2 rings (SSSR count). The van der Waals surface area contributed by atoms with Crippen molar-refractivity contribution in [3.05, 3.63) is 48.0 Å². The molecule has 0 N–H and O–H groups in total. The van der Waals surface area contributed by atoms with E-state index in [9.17, 15) is 0 Å². The quantitative estimate of drug-likeness (QED) is 0.616. The summed E-state index contributed by atoms with van der Waals surface area (Å²) >= 11 is 11.7. The van der Waals surface area contributed by atoms with Crippen molar-refractivity contribution in [1.82, 2.24) is 0 Å². The van der Waals surface area contributed by atoms with Crippen LogP contribution < -0.4 is 0 Å². The number of alkyl halides is 2. The third kappa shape index (κ3) is 1.65. The molecular weight excluding hydrogens is 203 g/mol. The van der Waals surface area contributed by atoms with E-state index < -0.39 is 4.84 Å². The number of halogens is 2. The van der Waals surface area contributed by atoms with Gasteiger partial charge in [-0.2, -0.15) is 0 Å². The molecular formula is C11H8Cl2. The monoisotopic (exact) mass is 210 g/mol. The molecule has 0 unspecified atom stereocenters. The summed E-state index contributed by atoms with van der Waals surface area (Å²) in [5, 5.41) is 2.30. The van der Waals surface area contributed by atoms with Gasteiger partial charge in [-0.25, -0.2) is 0 Å². The van der Waals surface area contributed by atoms with Crippen molar-refractivity contribution in [2.45, 2.75) is 4.84 Å². The Bertz CT molecular complexity index is 416.